The van der Waals surface area contributed by atoms with E-state index in [4.69, 9.17) is 32.7 Å². The number of hydrogen-bond donors (Lipinski definition) is 1. The summed E-state index contributed by atoms with van der Waals surface area (Å²) in [7, 11) is 0. The topological polar surface area (TPSA) is 104 Å². The lowest BCUT2D eigenvalue weighted by molar-refractivity contribution is -0.132. The quantitative estimate of drug-likeness (QED) is 0.238. The molecule has 9 nitrogen and oxygen atoms in total. The van der Waals surface area contributed by atoms with Crippen LogP contribution in [0.25, 0.3) is 22.6 Å². The van der Waals surface area contributed by atoms with Crippen LogP contribution in [0.2, 0.25) is 10.0 Å². The summed E-state index contributed by atoms with van der Waals surface area (Å²) in [6, 6.07) is 9.21. The van der Waals surface area contributed by atoms with Gasteiger partial charge in [0.2, 0.25) is 17.6 Å². The third kappa shape index (κ3) is 5.98. The number of fused-ring (bicyclic) bond motifs is 1. The van der Waals surface area contributed by atoms with E-state index in [0.717, 1.165) is 80.7 Å². The second-order valence-corrected chi connectivity index (χ2v) is 12.6. The van der Waals surface area contributed by atoms with Crippen LogP contribution in [0.5, 0.6) is 0 Å². The van der Waals surface area contributed by atoms with Crippen LogP contribution in [-0.4, -0.2) is 66.0 Å². The Kier molecular flexibility index (Phi) is 8.03. The zero-order chi connectivity index (χ0) is 28.6. The van der Waals surface area contributed by atoms with Crippen molar-refractivity contribution >= 4 is 40.1 Å². The van der Waals surface area contributed by atoms with Crippen molar-refractivity contribution in [2.45, 2.75) is 76.3 Å². The van der Waals surface area contributed by atoms with E-state index in [1.807, 2.05) is 23.1 Å². The molecule has 41 heavy (non-hydrogen) atoms. The fourth-order valence-corrected chi connectivity index (χ4v) is 6.56. The van der Waals surface area contributed by atoms with E-state index >= 15 is 0 Å². The zero-order valence-corrected chi connectivity index (χ0v) is 25.0. The van der Waals surface area contributed by atoms with Crippen molar-refractivity contribution in [1.29, 1.82) is 0 Å². The smallest absolute Gasteiger partial charge is 0.230 e. The first-order valence-corrected chi connectivity index (χ1v) is 15.2. The minimum absolute atomic E-state index is 0.000887. The molecule has 3 aromatic heterocycles. The molecule has 0 spiro atoms. The summed E-state index contributed by atoms with van der Waals surface area (Å²) in [5, 5.41) is 5.12. The number of rotatable bonds is 8. The first kappa shape index (κ1) is 28.1. The molecule has 2 aliphatic rings. The van der Waals surface area contributed by atoms with Crippen LogP contribution in [0.4, 0.5) is 0 Å². The lowest BCUT2D eigenvalue weighted by atomic mass is 9.89. The third-order valence-corrected chi connectivity index (χ3v) is 9.37. The Morgan fingerprint density at radius 2 is 1.90 bits per heavy atom. The number of nitrogens with zero attached hydrogens (tertiary/aromatic N) is 6. The highest BCUT2D eigenvalue weighted by atomic mass is 35.5. The summed E-state index contributed by atoms with van der Waals surface area (Å²) in [4.78, 5) is 34.9. The molecule has 0 unspecified atom stereocenters. The van der Waals surface area contributed by atoms with Gasteiger partial charge < -0.3 is 14.4 Å². The molecule has 1 amide bonds. The summed E-state index contributed by atoms with van der Waals surface area (Å²) < 4.78 is 5.61. The molecule has 216 valence electrons. The Morgan fingerprint density at radius 3 is 2.68 bits per heavy atom. The van der Waals surface area contributed by atoms with E-state index in [2.05, 4.69) is 38.9 Å². The third-order valence-electron chi connectivity index (χ3n) is 8.65. The van der Waals surface area contributed by atoms with Gasteiger partial charge in [0, 0.05) is 30.6 Å². The van der Waals surface area contributed by atoms with Gasteiger partial charge in [0.1, 0.15) is 11.5 Å². The number of pyridine rings is 1. The minimum atomic E-state index is -0.0395. The van der Waals surface area contributed by atoms with Gasteiger partial charge in [-0.15, -0.1) is 0 Å². The molecule has 5 heterocycles. The van der Waals surface area contributed by atoms with Crippen LogP contribution >= 0.6 is 23.2 Å². The second-order valence-electron chi connectivity index (χ2n) is 11.7. The first-order valence-electron chi connectivity index (χ1n) is 14.4. The fraction of sp³-hybridized carbons (Fsp3) is 0.500. The number of hydrogen-bond acceptors (Lipinski definition) is 7. The molecule has 2 saturated heterocycles. The Hall–Kier alpha value is -3.01. The Balaban J connectivity index is 1.00. The molecule has 1 atom stereocenters. The molecule has 0 radical (unpaired) electrons. The normalized spacial score (nSPS) is 18.9. The number of halogens is 2. The van der Waals surface area contributed by atoms with Gasteiger partial charge in [-0.3, -0.25) is 14.7 Å². The summed E-state index contributed by atoms with van der Waals surface area (Å²) in [6.07, 6.45) is 7.87. The van der Waals surface area contributed by atoms with E-state index in [9.17, 15) is 4.79 Å². The van der Waals surface area contributed by atoms with Gasteiger partial charge in [-0.2, -0.15) is 4.98 Å². The molecule has 1 aromatic carbocycles. The van der Waals surface area contributed by atoms with Crippen LogP contribution in [0.3, 0.4) is 0 Å². The number of carbonyl (C=O) groups is 1. The predicted molar refractivity (Wildman–Crippen MR) is 159 cm³/mol. The molecule has 2 fully saturated rings. The molecule has 0 bridgehead atoms. The molecule has 11 heteroatoms. The summed E-state index contributed by atoms with van der Waals surface area (Å²) in [5.41, 5.74) is 2.34. The summed E-state index contributed by atoms with van der Waals surface area (Å²) >= 11 is 12.4. The van der Waals surface area contributed by atoms with Crippen molar-refractivity contribution in [3.8, 4) is 11.5 Å². The molecular formula is C30H35Cl2N7O2. The van der Waals surface area contributed by atoms with Crippen LogP contribution in [0, 0.1) is 0 Å². The average molecular weight is 597 g/mol. The number of benzene rings is 1. The van der Waals surface area contributed by atoms with Crippen molar-refractivity contribution in [2.75, 3.05) is 19.6 Å². The number of nitrogens with one attached hydrogen (secondary N) is 1. The molecular weight excluding hydrogens is 561 g/mol. The van der Waals surface area contributed by atoms with Gasteiger partial charge in [-0.05, 0) is 89.7 Å². The van der Waals surface area contributed by atoms with Crippen molar-refractivity contribution < 1.29 is 9.32 Å². The van der Waals surface area contributed by atoms with Crippen molar-refractivity contribution in [2.24, 2.45) is 0 Å². The number of H-pyrrole nitrogens is 1. The highest BCUT2D eigenvalue weighted by Crippen LogP contribution is 2.36. The van der Waals surface area contributed by atoms with Crippen molar-refractivity contribution in [3.63, 3.8) is 0 Å². The maximum Gasteiger partial charge on any atom is 0.230 e. The second kappa shape index (κ2) is 11.7. The Labute approximate surface area is 249 Å². The highest BCUT2D eigenvalue weighted by molar-refractivity contribution is 6.42. The number of likely N-dealkylation sites (tertiary alicyclic amines) is 2. The van der Waals surface area contributed by atoms with Gasteiger partial charge >= 0.3 is 0 Å². The molecule has 0 saturated carbocycles. The number of carbonyl (C=O) groups excluding carboxylic acids is 1. The van der Waals surface area contributed by atoms with Crippen LogP contribution in [0.1, 0.15) is 82.5 Å². The predicted octanol–water partition coefficient (Wildman–Crippen LogP) is 6.81. The largest absolute Gasteiger partial charge is 0.340 e. The van der Waals surface area contributed by atoms with E-state index in [0.29, 0.717) is 28.2 Å². The van der Waals surface area contributed by atoms with E-state index in [1.54, 1.807) is 18.3 Å². The zero-order valence-electron chi connectivity index (χ0n) is 23.4. The van der Waals surface area contributed by atoms with Gasteiger partial charge in [0.25, 0.3) is 0 Å². The standard InChI is InChI=1S/C30H35Cl2N7O2/c1-30(2,38-15-10-19(11-16-38)29-36-27(37-41-29)22-7-3-4-13-33-22)12-5-9-26(40)39-14-6-8-25(39)28-34-23-17-20(31)21(32)18-24(23)35-28/h3-4,7,13,17-19,25H,5-6,8-12,14-16H2,1-2H3,(H,34,35)/t25-/m0/s1. The molecule has 0 aliphatic carbocycles. The molecule has 6 rings (SSSR count). The monoisotopic (exact) mass is 595 g/mol. The fourth-order valence-electron chi connectivity index (χ4n) is 6.24. The van der Waals surface area contributed by atoms with E-state index < -0.39 is 0 Å². The van der Waals surface area contributed by atoms with Gasteiger partial charge in [-0.25, -0.2) is 4.98 Å². The minimum Gasteiger partial charge on any atom is -0.340 e. The first-order chi connectivity index (χ1) is 19.8. The maximum absolute atomic E-state index is 13.3. The Morgan fingerprint density at radius 1 is 1.10 bits per heavy atom. The lowest BCUT2D eigenvalue weighted by Crippen LogP contribution is -2.48. The number of amides is 1. The Bertz CT molecular complexity index is 1470. The summed E-state index contributed by atoms with van der Waals surface area (Å²) in [5.74, 6) is 2.50. The summed E-state index contributed by atoms with van der Waals surface area (Å²) in [6.45, 7) is 7.25. The SMILES string of the molecule is CC(C)(CCCC(=O)N1CCC[C@H]1c1nc2cc(Cl)c(Cl)cc2[nH]1)N1CCC(c2nc(-c3ccccn3)no2)CC1. The highest BCUT2D eigenvalue weighted by Gasteiger charge is 2.35. The van der Waals surface area contributed by atoms with Gasteiger partial charge in [0.05, 0.1) is 27.1 Å². The lowest BCUT2D eigenvalue weighted by Gasteiger charge is -2.42. The average Bonchev–Trinajstić information content (AvgIpc) is 3.74. The number of aromatic nitrogens is 5. The van der Waals surface area contributed by atoms with Gasteiger partial charge in [-0.1, -0.05) is 34.4 Å². The van der Waals surface area contributed by atoms with Gasteiger partial charge in [0.15, 0.2) is 0 Å². The van der Waals surface area contributed by atoms with Crippen LogP contribution in [0.15, 0.2) is 41.1 Å². The number of imidazole rings is 1. The van der Waals surface area contributed by atoms with E-state index in [-0.39, 0.29) is 23.4 Å². The number of aromatic amines is 1. The number of piperidine rings is 1. The van der Waals surface area contributed by atoms with Crippen molar-refractivity contribution in [3.05, 3.63) is 58.3 Å². The molecule has 4 aromatic rings. The van der Waals surface area contributed by atoms with Crippen molar-refractivity contribution in [1.82, 2.24) is 34.9 Å². The maximum atomic E-state index is 13.3. The molecule has 2 aliphatic heterocycles. The van der Waals surface area contributed by atoms with E-state index in [1.165, 1.54) is 0 Å². The van der Waals surface area contributed by atoms with Crippen LogP contribution < -0.4 is 0 Å². The molecule has 1 N–H and O–H groups in total. The van der Waals surface area contributed by atoms with Crippen LogP contribution in [-0.2, 0) is 4.79 Å².